The first-order valence-corrected chi connectivity index (χ1v) is 6.53. The van der Waals surface area contributed by atoms with Gasteiger partial charge >= 0.3 is 5.97 Å². The molecule has 0 aliphatic carbocycles. The van der Waals surface area contributed by atoms with Gasteiger partial charge in [-0.05, 0) is 12.5 Å². The molecule has 0 radical (unpaired) electrons. The molecule has 0 aromatic rings. The Kier molecular flexibility index (Phi) is 5.31. The van der Waals surface area contributed by atoms with Gasteiger partial charge in [0.05, 0.1) is 25.6 Å². The van der Waals surface area contributed by atoms with Gasteiger partial charge in [0.2, 0.25) is 5.91 Å². The highest BCUT2D eigenvalue weighted by atomic mass is 16.5. The summed E-state index contributed by atoms with van der Waals surface area (Å²) >= 11 is 0. The summed E-state index contributed by atoms with van der Waals surface area (Å²) in [6, 6.07) is -0.402. The van der Waals surface area contributed by atoms with Gasteiger partial charge in [0.1, 0.15) is 0 Å². The van der Waals surface area contributed by atoms with E-state index < -0.39 is 12.0 Å². The maximum absolute atomic E-state index is 12.2. The molecule has 1 fully saturated rings. The first kappa shape index (κ1) is 15.9. The highest BCUT2D eigenvalue weighted by molar-refractivity contribution is 5.81. The fourth-order valence-electron chi connectivity index (χ4n) is 2.12. The van der Waals surface area contributed by atoms with E-state index in [4.69, 9.17) is 9.84 Å². The lowest BCUT2D eigenvalue weighted by Crippen LogP contribution is -2.50. The third kappa shape index (κ3) is 4.47. The predicted octanol–water partition coefficient (Wildman–Crippen LogP) is 0.226. The zero-order chi connectivity index (χ0) is 14.6. The minimum absolute atomic E-state index is 0.00885. The number of rotatable bonds is 5. The minimum Gasteiger partial charge on any atom is -0.481 e. The maximum Gasteiger partial charge on any atom is 0.305 e. The fourth-order valence-corrected chi connectivity index (χ4v) is 2.12. The van der Waals surface area contributed by atoms with Crippen molar-refractivity contribution in [3.8, 4) is 0 Å². The Labute approximate surface area is 113 Å². The van der Waals surface area contributed by atoms with Gasteiger partial charge in [-0.2, -0.15) is 0 Å². The molecule has 1 aliphatic heterocycles. The molecular formula is C13H24N2O4. The number of amides is 1. The van der Waals surface area contributed by atoms with Crippen molar-refractivity contribution in [2.24, 2.45) is 11.3 Å². The van der Waals surface area contributed by atoms with E-state index in [-0.39, 0.29) is 29.7 Å². The lowest BCUT2D eigenvalue weighted by molar-refractivity contribution is -0.138. The number of hydrogen-bond donors (Lipinski definition) is 3. The molecule has 1 aliphatic rings. The van der Waals surface area contributed by atoms with Crippen molar-refractivity contribution in [2.75, 3.05) is 20.3 Å². The molecule has 1 rings (SSSR count). The van der Waals surface area contributed by atoms with Crippen LogP contribution in [0.4, 0.5) is 0 Å². The quantitative estimate of drug-likeness (QED) is 0.666. The first-order valence-electron chi connectivity index (χ1n) is 6.53. The fraction of sp³-hybridized carbons (Fsp3) is 0.846. The summed E-state index contributed by atoms with van der Waals surface area (Å²) in [5.41, 5.74) is -0.303. The molecular weight excluding hydrogens is 248 g/mol. The van der Waals surface area contributed by atoms with Gasteiger partial charge in [-0.3, -0.25) is 9.59 Å². The number of carboxylic acid groups (broad SMARTS) is 1. The Morgan fingerprint density at radius 1 is 1.37 bits per heavy atom. The van der Waals surface area contributed by atoms with E-state index in [1.807, 2.05) is 20.8 Å². The third-order valence-electron chi connectivity index (χ3n) is 3.53. The van der Waals surface area contributed by atoms with E-state index in [0.717, 1.165) is 0 Å². The van der Waals surface area contributed by atoms with Crippen LogP contribution in [0.2, 0.25) is 0 Å². The number of nitrogens with one attached hydrogen (secondary N) is 2. The highest BCUT2D eigenvalue weighted by Gasteiger charge is 2.36. The summed E-state index contributed by atoms with van der Waals surface area (Å²) in [6.07, 6.45) is -0.0764. The van der Waals surface area contributed by atoms with Crippen LogP contribution in [-0.2, 0) is 14.3 Å². The summed E-state index contributed by atoms with van der Waals surface area (Å²) < 4.78 is 5.29. The molecule has 0 aromatic heterocycles. The number of hydrogen-bond acceptors (Lipinski definition) is 4. The van der Waals surface area contributed by atoms with Crippen molar-refractivity contribution in [3.63, 3.8) is 0 Å². The van der Waals surface area contributed by atoms with Gasteiger partial charge in [-0.25, -0.2) is 0 Å². The molecule has 6 heteroatoms. The van der Waals surface area contributed by atoms with Crippen molar-refractivity contribution in [3.05, 3.63) is 0 Å². The molecule has 1 amide bonds. The molecule has 110 valence electrons. The average molecular weight is 272 g/mol. The highest BCUT2D eigenvalue weighted by Crippen LogP contribution is 2.23. The van der Waals surface area contributed by atoms with E-state index in [2.05, 4.69) is 10.6 Å². The molecule has 0 spiro atoms. The van der Waals surface area contributed by atoms with Crippen LogP contribution in [0.5, 0.6) is 0 Å². The van der Waals surface area contributed by atoms with Gasteiger partial charge in [0.15, 0.2) is 0 Å². The molecule has 1 heterocycles. The molecule has 0 bridgehead atoms. The predicted molar refractivity (Wildman–Crippen MR) is 70.8 cm³/mol. The van der Waals surface area contributed by atoms with E-state index >= 15 is 0 Å². The molecule has 0 saturated carbocycles. The Bertz CT molecular complexity index is 338. The van der Waals surface area contributed by atoms with Gasteiger partial charge in [-0.1, -0.05) is 20.8 Å². The summed E-state index contributed by atoms with van der Waals surface area (Å²) in [5.74, 6) is -1.31. The van der Waals surface area contributed by atoms with Gasteiger partial charge in [0, 0.05) is 12.1 Å². The number of carbonyl (C=O) groups excluding carboxylic acids is 1. The van der Waals surface area contributed by atoms with Gasteiger partial charge in [-0.15, -0.1) is 0 Å². The van der Waals surface area contributed by atoms with E-state index in [1.54, 1.807) is 7.05 Å². The van der Waals surface area contributed by atoms with Crippen molar-refractivity contribution in [1.82, 2.24) is 10.6 Å². The van der Waals surface area contributed by atoms with E-state index in [1.165, 1.54) is 0 Å². The maximum atomic E-state index is 12.2. The zero-order valence-electron chi connectivity index (χ0n) is 12.0. The SMILES string of the molecule is CNC1COCC1C(=O)NC(CC(=O)O)C(C)(C)C. The van der Waals surface area contributed by atoms with Crippen LogP contribution >= 0.6 is 0 Å². The van der Waals surface area contributed by atoms with Crippen LogP contribution in [0.1, 0.15) is 27.2 Å². The normalized spacial score (nSPS) is 25.1. The number of carboxylic acids is 1. The van der Waals surface area contributed by atoms with Crippen LogP contribution in [0.25, 0.3) is 0 Å². The number of aliphatic carboxylic acids is 1. The van der Waals surface area contributed by atoms with Crippen LogP contribution in [0.15, 0.2) is 0 Å². The first-order chi connectivity index (χ1) is 8.75. The average Bonchev–Trinajstić information content (AvgIpc) is 2.74. The molecule has 19 heavy (non-hydrogen) atoms. The molecule has 0 aromatic carbocycles. The van der Waals surface area contributed by atoms with Crippen LogP contribution in [0.3, 0.4) is 0 Å². The Morgan fingerprint density at radius 2 is 2.00 bits per heavy atom. The van der Waals surface area contributed by atoms with Crippen molar-refractivity contribution in [1.29, 1.82) is 0 Å². The Morgan fingerprint density at radius 3 is 2.47 bits per heavy atom. The van der Waals surface area contributed by atoms with Crippen LogP contribution in [-0.4, -0.2) is 49.3 Å². The number of ether oxygens (including phenoxy) is 1. The smallest absolute Gasteiger partial charge is 0.305 e. The third-order valence-corrected chi connectivity index (χ3v) is 3.53. The lowest BCUT2D eigenvalue weighted by atomic mass is 9.84. The Balaban J connectivity index is 2.68. The largest absolute Gasteiger partial charge is 0.481 e. The monoisotopic (exact) mass is 272 g/mol. The Hall–Kier alpha value is -1.14. The van der Waals surface area contributed by atoms with Crippen molar-refractivity contribution >= 4 is 11.9 Å². The lowest BCUT2D eigenvalue weighted by Gasteiger charge is -2.31. The van der Waals surface area contributed by atoms with Gasteiger partial charge in [0.25, 0.3) is 0 Å². The summed E-state index contributed by atoms with van der Waals surface area (Å²) in [4.78, 5) is 23.1. The molecule has 1 saturated heterocycles. The topological polar surface area (TPSA) is 87.7 Å². The summed E-state index contributed by atoms with van der Waals surface area (Å²) in [5, 5.41) is 14.8. The van der Waals surface area contributed by atoms with Crippen LogP contribution in [0, 0.1) is 11.3 Å². The number of carbonyl (C=O) groups is 2. The molecule has 3 N–H and O–H groups in total. The standard InChI is InChI=1S/C13H24N2O4/c1-13(2,3)10(5-11(16)17)15-12(18)8-6-19-7-9(8)14-4/h8-10,14H,5-7H2,1-4H3,(H,15,18)(H,16,17). The number of likely N-dealkylation sites (N-methyl/N-ethyl adjacent to an activating group) is 1. The molecule has 6 nitrogen and oxygen atoms in total. The molecule has 3 unspecified atom stereocenters. The second kappa shape index (κ2) is 6.34. The summed E-state index contributed by atoms with van der Waals surface area (Å²) in [6.45, 7) is 6.64. The second-order valence-corrected chi connectivity index (χ2v) is 6.06. The van der Waals surface area contributed by atoms with Crippen molar-refractivity contribution in [2.45, 2.75) is 39.3 Å². The van der Waals surface area contributed by atoms with Crippen LogP contribution < -0.4 is 10.6 Å². The summed E-state index contributed by atoms with van der Waals surface area (Å²) in [7, 11) is 1.79. The second-order valence-electron chi connectivity index (χ2n) is 6.06. The zero-order valence-corrected chi connectivity index (χ0v) is 12.0. The molecule has 3 atom stereocenters. The van der Waals surface area contributed by atoms with E-state index in [0.29, 0.717) is 13.2 Å². The van der Waals surface area contributed by atoms with Gasteiger partial charge < -0.3 is 20.5 Å². The van der Waals surface area contributed by atoms with E-state index in [9.17, 15) is 9.59 Å². The van der Waals surface area contributed by atoms with Crippen molar-refractivity contribution < 1.29 is 19.4 Å². The minimum atomic E-state index is -0.909.